The van der Waals surface area contributed by atoms with Crippen LogP contribution in [-0.2, 0) is 24.9 Å². The summed E-state index contributed by atoms with van der Waals surface area (Å²) in [7, 11) is 1.89. The maximum absolute atomic E-state index is 12.6. The third-order valence-electron chi connectivity index (χ3n) is 4.06. The monoisotopic (exact) mass is 374 g/mol. The van der Waals surface area contributed by atoms with Gasteiger partial charge in [0.15, 0.2) is 0 Å². The van der Waals surface area contributed by atoms with Gasteiger partial charge in [-0.15, -0.1) is 22.7 Å². The average Bonchev–Trinajstić information content (AvgIpc) is 3.29. The van der Waals surface area contributed by atoms with Crippen molar-refractivity contribution in [2.75, 3.05) is 11.9 Å². The molecular weight excluding hydrogens is 352 g/mol. The second kappa shape index (κ2) is 7.95. The van der Waals surface area contributed by atoms with Crippen LogP contribution in [0.25, 0.3) is 0 Å². The van der Waals surface area contributed by atoms with Crippen LogP contribution in [-0.4, -0.2) is 27.1 Å². The maximum atomic E-state index is 12.6. The highest BCUT2D eigenvalue weighted by Crippen LogP contribution is 2.20. The van der Waals surface area contributed by atoms with Gasteiger partial charge in [-0.05, 0) is 36.7 Å². The molecule has 0 fully saturated rings. The molecule has 3 heterocycles. The lowest BCUT2D eigenvalue weighted by atomic mass is 10.3. The highest BCUT2D eigenvalue weighted by atomic mass is 32.1. The van der Waals surface area contributed by atoms with Crippen LogP contribution >= 0.6 is 22.7 Å². The highest BCUT2D eigenvalue weighted by molar-refractivity contribution is 7.10. The zero-order valence-corrected chi connectivity index (χ0v) is 16.3. The first kappa shape index (κ1) is 17.8. The molecule has 5 nitrogen and oxygen atoms in total. The van der Waals surface area contributed by atoms with Crippen LogP contribution in [0.15, 0.2) is 35.0 Å². The number of amides is 1. The molecule has 0 spiro atoms. The first-order valence-corrected chi connectivity index (χ1v) is 9.86. The lowest BCUT2D eigenvalue weighted by molar-refractivity contribution is -0.117. The average molecular weight is 375 g/mol. The number of thiophene rings is 2. The van der Waals surface area contributed by atoms with Gasteiger partial charge in [0.05, 0.1) is 23.6 Å². The van der Waals surface area contributed by atoms with Crippen molar-refractivity contribution in [2.24, 2.45) is 7.05 Å². The van der Waals surface area contributed by atoms with Gasteiger partial charge in [-0.3, -0.25) is 14.4 Å². The molecule has 0 saturated carbocycles. The molecule has 0 saturated heterocycles. The molecule has 25 heavy (non-hydrogen) atoms. The predicted molar refractivity (Wildman–Crippen MR) is 104 cm³/mol. The summed E-state index contributed by atoms with van der Waals surface area (Å²) in [6, 6.07) is 8.32. The predicted octanol–water partition coefficient (Wildman–Crippen LogP) is 3.80. The minimum Gasteiger partial charge on any atom is -0.322 e. The molecule has 0 unspecified atom stereocenters. The minimum atomic E-state index is -0.00712. The smallest absolute Gasteiger partial charge is 0.238 e. The number of anilines is 1. The quantitative estimate of drug-likeness (QED) is 0.684. The van der Waals surface area contributed by atoms with Crippen LogP contribution in [0.5, 0.6) is 0 Å². The van der Waals surface area contributed by atoms with Crippen molar-refractivity contribution in [1.29, 1.82) is 0 Å². The summed E-state index contributed by atoms with van der Waals surface area (Å²) in [5.74, 6) is -0.00712. The molecule has 132 valence electrons. The highest BCUT2D eigenvalue weighted by Gasteiger charge is 2.16. The summed E-state index contributed by atoms with van der Waals surface area (Å²) in [6.07, 6.45) is 0. The van der Waals surface area contributed by atoms with Gasteiger partial charge in [0.2, 0.25) is 5.91 Å². The normalized spacial score (nSPS) is 11.2. The molecule has 0 aliphatic rings. The lowest BCUT2D eigenvalue weighted by Crippen LogP contribution is -2.32. The van der Waals surface area contributed by atoms with Gasteiger partial charge in [-0.2, -0.15) is 5.10 Å². The Morgan fingerprint density at radius 3 is 2.20 bits per heavy atom. The van der Waals surface area contributed by atoms with E-state index in [1.165, 1.54) is 9.75 Å². The number of aryl methyl sites for hydroxylation is 2. The van der Waals surface area contributed by atoms with Crippen LogP contribution in [0.4, 0.5) is 5.69 Å². The Labute approximate surface area is 155 Å². The van der Waals surface area contributed by atoms with Gasteiger partial charge in [0, 0.05) is 29.9 Å². The molecular formula is C18H22N4OS2. The summed E-state index contributed by atoms with van der Waals surface area (Å²) in [5, 5.41) is 11.5. The summed E-state index contributed by atoms with van der Waals surface area (Å²) in [6.45, 7) is 5.77. The molecule has 0 aliphatic heterocycles. The summed E-state index contributed by atoms with van der Waals surface area (Å²) in [5.41, 5.74) is 2.63. The fourth-order valence-electron chi connectivity index (χ4n) is 2.75. The largest absolute Gasteiger partial charge is 0.322 e. The molecule has 0 aliphatic carbocycles. The summed E-state index contributed by atoms with van der Waals surface area (Å²) < 4.78 is 1.79. The van der Waals surface area contributed by atoms with Crippen LogP contribution in [0.1, 0.15) is 21.1 Å². The standard InChI is InChI=1S/C18H22N4OS2/c1-13-18(14(2)21(3)20-13)19-17(23)12-22(10-15-6-4-8-24-15)11-16-7-5-9-25-16/h4-9H,10-12H2,1-3H3,(H,19,23). The zero-order chi connectivity index (χ0) is 17.8. The van der Waals surface area contributed by atoms with Crippen molar-refractivity contribution < 1.29 is 4.79 Å². The van der Waals surface area contributed by atoms with Crippen LogP contribution in [0, 0.1) is 13.8 Å². The number of carbonyl (C=O) groups is 1. The SMILES string of the molecule is Cc1nn(C)c(C)c1NC(=O)CN(Cc1cccs1)Cc1cccs1. The number of hydrogen-bond donors (Lipinski definition) is 1. The Kier molecular flexibility index (Phi) is 5.67. The van der Waals surface area contributed by atoms with Crippen molar-refractivity contribution in [2.45, 2.75) is 26.9 Å². The number of aromatic nitrogens is 2. The number of rotatable bonds is 7. The van der Waals surface area contributed by atoms with E-state index in [0.29, 0.717) is 6.54 Å². The van der Waals surface area contributed by atoms with E-state index in [2.05, 4.69) is 38.2 Å². The molecule has 1 N–H and O–H groups in total. The second-order valence-electron chi connectivity index (χ2n) is 6.02. The van der Waals surface area contributed by atoms with Gasteiger partial charge < -0.3 is 5.32 Å². The third-order valence-corrected chi connectivity index (χ3v) is 5.78. The lowest BCUT2D eigenvalue weighted by Gasteiger charge is -2.20. The fraction of sp³-hybridized carbons (Fsp3) is 0.333. The first-order chi connectivity index (χ1) is 12.0. The molecule has 0 radical (unpaired) electrons. The van der Waals surface area contributed by atoms with Crippen molar-refractivity contribution in [3.63, 3.8) is 0 Å². The molecule has 3 aromatic rings. The Morgan fingerprint density at radius 2 is 1.76 bits per heavy atom. The Bertz CT molecular complexity index is 786. The fourth-order valence-corrected chi connectivity index (χ4v) is 4.24. The van der Waals surface area contributed by atoms with Crippen molar-refractivity contribution in [3.05, 3.63) is 56.2 Å². The molecule has 0 atom stereocenters. The van der Waals surface area contributed by atoms with Gasteiger partial charge in [0.1, 0.15) is 0 Å². The maximum Gasteiger partial charge on any atom is 0.238 e. The van der Waals surface area contributed by atoms with E-state index in [9.17, 15) is 4.79 Å². The topological polar surface area (TPSA) is 50.2 Å². The van der Waals surface area contributed by atoms with Crippen LogP contribution < -0.4 is 5.32 Å². The number of nitrogens with one attached hydrogen (secondary N) is 1. The zero-order valence-electron chi connectivity index (χ0n) is 14.7. The van der Waals surface area contributed by atoms with Gasteiger partial charge in [-0.1, -0.05) is 12.1 Å². The van der Waals surface area contributed by atoms with Crippen molar-refractivity contribution in [1.82, 2.24) is 14.7 Å². The van der Waals surface area contributed by atoms with Crippen molar-refractivity contribution >= 4 is 34.3 Å². The third kappa shape index (κ3) is 4.56. The number of nitrogens with zero attached hydrogens (tertiary/aromatic N) is 3. The van der Waals surface area contributed by atoms with Gasteiger partial charge in [-0.25, -0.2) is 0 Å². The van der Waals surface area contributed by atoms with Crippen LogP contribution in [0.2, 0.25) is 0 Å². The molecule has 3 aromatic heterocycles. The minimum absolute atomic E-state index is 0.00712. The van der Waals surface area contributed by atoms with Crippen molar-refractivity contribution in [3.8, 4) is 0 Å². The first-order valence-electron chi connectivity index (χ1n) is 8.10. The molecule has 7 heteroatoms. The van der Waals surface area contributed by atoms with E-state index in [-0.39, 0.29) is 5.91 Å². The van der Waals surface area contributed by atoms with Gasteiger partial charge >= 0.3 is 0 Å². The van der Waals surface area contributed by atoms with Crippen LogP contribution in [0.3, 0.4) is 0 Å². The Hall–Kier alpha value is -1.96. The number of carbonyl (C=O) groups excluding carboxylic acids is 1. The number of hydrogen-bond acceptors (Lipinski definition) is 5. The molecule has 3 rings (SSSR count). The van der Waals surface area contributed by atoms with E-state index in [0.717, 1.165) is 30.2 Å². The van der Waals surface area contributed by atoms with E-state index in [1.807, 2.05) is 33.0 Å². The Balaban J connectivity index is 1.69. The second-order valence-corrected chi connectivity index (χ2v) is 8.09. The van der Waals surface area contributed by atoms with E-state index < -0.39 is 0 Å². The van der Waals surface area contributed by atoms with Gasteiger partial charge in [0.25, 0.3) is 0 Å². The molecule has 1 amide bonds. The van der Waals surface area contributed by atoms with E-state index in [1.54, 1.807) is 27.4 Å². The van der Waals surface area contributed by atoms with E-state index in [4.69, 9.17) is 0 Å². The summed E-state index contributed by atoms with van der Waals surface area (Å²) in [4.78, 5) is 17.3. The van der Waals surface area contributed by atoms with E-state index >= 15 is 0 Å². The summed E-state index contributed by atoms with van der Waals surface area (Å²) >= 11 is 3.44. The Morgan fingerprint density at radius 1 is 1.16 bits per heavy atom. The molecule has 0 bridgehead atoms. The molecule has 0 aromatic carbocycles.